The molecule has 0 aliphatic rings. The second-order valence-corrected chi connectivity index (χ2v) is 4.26. The van der Waals surface area contributed by atoms with E-state index in [0.717, 1.165) is 23.6 Å². The van der Waals surface area contributed by atoms with Gasteiger partial charge in [0.15, 0.2) is 0 Å². The lowest BCUT2D eigenvalue weighted by molar-refractivity contribution is 1.07. The van der Waals surface area contributed by atoms with E-state index in [1.165, 1.54) is 10.8 Å². The fraction of sp³-hybridized carbons (Fsp3) is 0.133. The molecule has 0 aliphatic heterocycles. The smallest absolute Gasteiger partial charge is 0.148 e. The molecule has 3 heteroatoms. The third-order valence-corrected chi connectivity index (χ3v) is 3.00. The van der Waals surface area contributed by atoms with Crippen LogP contribution in [0.4, 0.5) is 5.82 Å². The van der Waals surface area contributed by atoms with Gasteiger partial charge >= 0.3 is 0 Å². The maximum absolute atomic E-state index is 4.23. The normalized spacial score (nSPS) is 10.7. The van der Waals surface area contributed by atoms with Crippen LogP contribution in [0.2, 0.25) is 0 Å². The fourth-order valence-corrected chi connectivity index (χ4v) is 2.10. The molecule has 2 aromatic carbocycles. The summed E-state index contributed by atoms with van der Waals surface area (Å²) < 4.78 is 0. The Kier molecular flexibility index (Phi) is 2.73. The summed E-state index contributed by atoms with van der Waals surface area (Å²) in [6.45, 7) is 2.94. The molecule has 3 nitrogen and oxygen atoms in total. The molecular weight excluding hydrogens is 222 g/mol. The Morgan fingerprint density at radius 3 is 2.72 bits per heavy atom. The van der Waals surface area contributed by atoms with Crippen molar-refractivity contribution in [2.45, 2.75) is 6.92 Å². The van der Waals surface area contributed by atoms with Crippen molar-refractivity contribution in [3.8, 4) is 11.3 Å². The standard InChI is InChI=1S/C15H15N3/c1-2-16-15-10-14(17-18-15)13-8-7-11-5-3-4-6-12(11)9-13/h3-10H,2H2,1H3,(H2,16,17,18). The van der Waals surface area contributed by atoms with Crippen molar-refractivity contribution in [1.29, 1.82) is 0 Å². The molecular formula is C15H15N3. The number of nitrogens with one attached hydrogen (secondary N) is 2. The van der Waals surface area contributed by atoms with Crippen molar-refractivity contribution in [2.75, 3.05) is 11.9 Å². The van der Waals surface area contributed by atoms with Crippen molar-refractivity contribution in [1.82, 2.24) is 10.2 Å². The fourth-order valence-electron chi connectivity index (χ4n) is 2.10. The molecule has 0 radical (unpaired) electrons. The number of aromatic nitrogens is 2. The highest BCUT2D eigenvalue weighted by Gasteiger charge is 2.03. The molecule has 0 unspecified atom stereocenters. The highest BCUT2D eigenvalue weighted by molar-refractivity contribution is 5.86. The molecule has 0 saturated carbocycles. The second kappa shape index (κ2) is 4.53. The van der Waals surface area contributed by atoms with Crippen molar-refractivity contribution in [3.05, 3.63) is 48.5 Å². The summed E-state index contributed by atoms with van der Waals surface area (Å²) in [7, 11) is 0. The van der Waals surface area contributed by atoms with E-state index in [2.05, 4.69) is 64.9 Å². The highest BCUT2D eigenvalue weighted by Crippen LogP contribution is 2.24. The van der Waals surface area contributed by atoms with Crippen LogP contribution < -0.4 is 5.32 Å². The van der Waals surface area contributed by atoms with Gasteiger partial charge in [-0.3, -0.25) is 5.10 Å². The molecule has 18 heavy (non-hydrogen) atoms. The average Bonchev–Trinajstić information content (AvgIpc) is 2.87. The van der Waals surface area contributed by atoms with E-state index in [1.54, 1.807) is 0 Å². The van der Waals surface area contributed by atoms with Gasteiger partial charge < -0.3 is 5.32 Å². The lowest BCUT2D eigenvalue weighted by atomic mass is 10.1. The van der Waals surface area contributed by atoms with Crippen molar-refractivity contribution in [2.24, 2.45) is 0 Å². The zero-order chi connectivity index (χ0) is 12.4. The quantitative estimate of drug-likeness (QED) is 0.729. The number of hydrogen-bond donors (Lipinski definition) is 2. The van der Waals surface area contributed by atoms with Crippen LogP contribution in [0.25, 0.3) is 22.0 Å². The van der Waals surface area contributed by atoms with E-state index in [9.17, 15) is 0 Å². The molecule has 0 bridgehead atoms. The summed E-state index contributed by atoms with van der Waals surface area (Å²) in [5, 5.41) is 13.0. The number of anilines is 1. The number of H-pyrrole nitrogens is 1. The summed E-state index contributed by atoms with van der Waals surface area (Å²) in [5.41, 5.74) is 2.20. The molecule has 0 fully saturated rings. The van der Waals surface area contributed by atoms with Crippen molar-refractivity contribution in [3.63, 3.8) is 0 Å². The Morgan fingerprint density at radius 2 is 1.89 bits per heavy atom. The van der Waals surface area contributed by atoms with Gasteiger partial charge in [0.05, 0.1) is 5.69 Å². The molecule has 0 spiro atoms. The average molecular weight is 237 g/mol. The van der Waals surface area contributed by atoms with E-state index in [4.69, 9.17) is 0 Å². The maximum atomic E-state index is 4.23. The van der Waals surface area contributed by atoms with E-state index < -0.39 is 0 Å². The lowest BCUT2D eigenvalue weighted by Gasteiger charge is -2.01. The first kappa shape index (κ1) is 10.8. The zero-order valence-corrected chi connectivity index (χ0v) is 10.3. The van der Waals surface area contributed by atoms with Crippen LogP contribution in [0.1, 0.15) is 6.92 Å². The Hall–Kier alpha value is -2.29. The molecule has 1 aromatic heterocycles. The molecule has 0 saturated heterocycles. The van der Waals surface area contributed by atoms with Crippen LogP contribution in [0.15, 0.2) is 48.5 Å². The Balaban J connectivity index is 2.02. The maximum Gasteiger partial charge on any atom is 0.148 e. The van der Waals surface area contributed by atoms with E-state index in [0.29, 0.717) is 0 Å². The van der Waals surface area contributed by atoms with Gasteiger partial charge in [0.1, 0.15) is 5.82 Å². The van der Waals surface area contributed by atoms with Crippen molar-refractivity contribution < 1.29 is 0 Å². The topological polar surface area (TPSA) is 40.7 Å². The molecule has 2 N–H and O–H groups in total. The van der Waals surface area contributed by atoms with Gasteiger partial charge in [0, 0.05) is 18.2 Å². The van der Waals surface area contributed by atoms with Crippen LogP contribution >= 0.6 is 0 Å². The zero-order valence-electron chi connectivity index (χ0n) is 10.3. The summed E-state index contributed by atoms with van der Waals surface area (Å²) in [5.74, 6) is 0.889. The van der Waals surface area contributed by atoms with Gasteiger partial charge in [-0.15, -0.1) is 0 Å². The van der Waals surface area contributed by atoms with Crippen LogP contribution in [-0.2, 0) is 0 Å². The largest absolute Gasteiger partial charge is 0.369 e. The van der Waals surface area contributed by atoms with Crippen LogP contribution in [0.3, 0.4) is 0 Å². The third kappa shape index (κ3) is 1.95. The molecule has 90 valence electrons. The Morgan fingerprint density at radius 1 is 1.06 bits per heavy atom. The van der Waals surface area contributed by atoms with Gasteiger partial charge in [-0.1, -0.05) is 36.4 Å². The minimum Gasteiger partial charge on any atom is -0.369 e. The number of nitrogens with zero attached hydrogens (tertiary/aromatic N) is 1. The van der Waals surface area contributed by atoms with Gasteiger partial charge in [-0.25, -0.2) is 0 Å². The molecule has 3 aromatic rings. The lowest BCUT2D eigenvalue weighted by Crippen LogP contribution is -1.95. The number of benzene rings is 2. The molecule has 0 amide bonds. The van der Waals surface area contributed by atoms with Crippen LogP contribution in [-0.4, -0.2) is 16.7 Å². The minimum absolute atomic E-state index is 0.877. The SMILES string of the molecule is CCNc1cc(-c2ccc3ccccc3c2)[nH]n1. The molecule has 1 heterocycles. The summed E-state index contributed by atoms with van der Waals surface area (Å²) >= 11 is 0. The molecule has 0 aliphatic carbocycles. The predicted octanol–water partition coefficient (Wildman–Crippen LogP) is 3.66. The Labute approximate surface area is 106 Å². The van der Waals surface area contributed by atoms with Crippen LogP contribution in [0, 0.1) is 0 Å². The van der Waals surface area contributed by atoms with Gasteiger partial charge in [0.2, 0.25) is 0 Å². The van der Waals surface area contributed by atoms with E-state index >= 15 is 0 Å². The first-order valence-corrected chi connectivity index (χ1v) is 6.15. The van der Waals surface area contributed by atoms with Crippen LogP contribution in [0.5, 0.6) is 0 Å². The minimum atomic E-state index is 0.877. The number of hydrogen-bond acceptors (Lipinski definition) is 2. The highest BCUT2D eigenvalue weighted by atomic mass is 15.2. The summed E-state index contributed by atoms with van der Waals surface area (Å²) in [4.78, 5) is 0. The first-order chi connectivity index (χ1) is 8.86. The number of rotatable bonds is 3. The number of aromatic amines is 1. The van der Waals surface area contributed by atoms with Gasteiger partial charge in [-0.05, 0) is 23.8 Å². The Bertz CT molecular complexity index is 670. The van der Waals surface area contributed by atoms with Crippen molar-refractivity contribution >= 4 is 16.6 Å². The monoisotopic (exact) mass is 237 g/mol. The van der Waals surface area contributed by atoms with E-state index in [1.807, 2.05) is 6.07 Å². The molecule has 3 rings (SSSR count). The van der Waals surface area contributed by atoms with Gasteiger partial charge in [0.25, 0.3) is 0 Å². The van der Waals surface area contributed by atoms with Gasteiger partial charge in [-0.2, -0.15) is 5.10 Å². The third-order valence-electron chi connectivity index (χ3n) is 3.00. The first-order valence-electron chi connectivity index (χ1n) is 6.15. The summed E-state index contributed by atoms with van der Waals surface area (Å²) in [6, 6.07) is 16.8. The van der Waals surface area contributed by atoms with E-state index in [-0.39, 0.29) is 0 Å². The second-order valence-electron chi connectivity index (χ2n) is 4.26. The molecule has 0 atom stereocenters. The number of fused-ring (bicyclic) bond motifs is 1. The predicted molar refractivity (Wildman–Crippen MR) is 75.7 cm³/mol. The summed E-state index contributed by atoms with van der Waals surface area (Å²) in [6.07, 6.45) is 0.